The van der Waals surface area contributed by atoms with Gasteiger partial charge in [-0.2, -0.15) is 0 Å². The molecule has 0 radical (unpaired) electrons. The van der Waals surface area contributed by atoms with Crippen LogP contribution in [0, 0.1) is 0 Å². The molecule has 7 heteroatoms. The summed E-state index contributed by atoms with van der Waals surface area (Å²) in [6.07, 6.45) is 1.46. The van der Waals surface area contributed by atoms with Crippen LogP contribution in [0.5, 0.6) is 0 Å². The van der Waals surface area contributed by atoms with Gasteiger partial charge in [0.2, 0.25) is 6.41 Å². The zero-order chi connectivity index (χ0) is 22.6. The Morgan fingerprint density at radius 3 is 2.23 bits per heavy atom. The first-order valence-electron chi connectivity index (χ1n) is 9.93. The van der Waals surface area contributed by atoms with Crippen molar-refractivity contribution in [3.05, 3.63) is 59.7 Å². The second-order valence-electron chi connectivity index (χ2n) is 7.87. The summed E-state index contributed by atoms with van der Waals surface area (Å²) >= 11 is 0. The van der Waals surface area contributed by atoms with E-state index in [9.17, 15) is 9.59 Å². The van der Waals surface area contributed by atoms with Crippen LogP contribution in [-0.2, 0) is 22.4 Å². The van der Waals surface area contributed by atoms with E-state index >= 15 is 0 Å². The van der Waals surface area contributed by atoms with Crippen LogP contribution in [-0.4, -0.2) is 43.1 Å². The maximum atomic E-state index is 11.7. The topological polar surface area (TPSA) is 111 Å². The molecular formula is C23H34N4O3. The molecule has 2 rings (SSSR count). The number of nitrogens with zero attached hydrogens (tertiary/aromatic N) is 1. The molecular weight excluding hydrogens is 380 g/mol. The maximum Gasteiger partial charge on any atom is 0.416 e. The molecule has 0 saturated carbocycles. The van der Waals surface area contributed by atoms with Crippen LogP contribution < -0.4 is 16.8 Å². The Hall–Kier alpha value is -3.06. The fourth-order valence-corrected chi connectivity index (χ4v) is 2.46. The van der Waals surface area contributed by atoms with Gasteiger partial charge in [0.1, 0.15) is 5.60 Å². The monoisotopic (exact) mass is 414 g/mol. The first-order valence-corrected chi connectivity index (χ1v) is 9.93. The summed E-state index contributed by atoms with van der Waals surface area (Å²) in [7, 11) is 1.96. The van der Waals surface area contributed by atoms with Crippen LogP contribution in [0.15, 0.2) is 48.5 Å². The molecule has 0 aromatic heterocycles. The summed E-state index contributed by atoms with van der Waals surface area (Å²) in [4.78, 5) is 23.7. The minimum atomic E-state index is -0.633. The molecule has 0 bridgehead atoms. The van der Waals surface area contributed by atoms with Crippen LogP contribution >= 0.6 is 0 Å². The van der Waals surface area contributed by atoms with Crippen molar-refractivity contribution in [2.45, 2.75) is 39.2 Å². The van der Waals surface area contributed by atoms with Gasteiger partial charge in [0.15, 0.2) is 0 Å². The lowest BCUT2D eigenvalue weighted by Crippen LogP contribution is -2.37. The highest BCUT2D eigenvalue weighted by atomic mass is 16.6. The van der Waals surface area contributed by atoms with Gasteiger partial charge in [0.25, 0.3) is 0 Å². The highest BCUT2D eigenvalue weighted by Gasteiger charge is 2.21. The summed E-state index contributed by atoms with van der Waals surface area (Å²) in [5.41, 5.74) is 14.4. The quantitative estimate of drug-likeness (QED) is 0.474. The number of anilines is 2. The molecule has 0 aliphatic rings. The molecule has 2 aromatic carbocycles. The second kappa shape index (κ2) is 12.5. The zero-order valence-corrected chi connectivity index (χ0v) is 18.4. The lowest BCUT2D eigenvalue weighted by molar-refractivity contribution is -0.117. The average molecular weight is 415 g/mol. The number of nitrogen functional groups attached to an aromatic ring is 2. The van der Waals surface area contributed by atoms with Crippen molar-refractivity contribution in [2.75, 3.05) is 31.6 Å². The standard InChI is InChI=1S/C14H20N2O3.C9H14N2/c1-14(2,3)19-13(18)16(10-17)8-7-11-5-4-6-12(15)9-11;1-11-7-6-8-2-4-9(10)5-3-8/h4-6,9-10H,7-8,15H2,1-3H3;2-5,11H,6-7,10H2,1H3. The first kappa shape index (κ1) is 25.0. The van der Waals surface area contributed by atoms with Crippen molar-refractivity contribution >= 4 is 23.9 Å². The van der Waals surface area contributed by atoms with Gasteiger partial charge in [0.05, 0.1) is 0 Å². The summed E-state index contributed by atoms with van der Waals surface area (Å²) in [6, 6.07) is 15.3. The molecule has 7 nitrogen and oxygen atoms in total. The van der Waals surface area contributed by atoms with Crippen LogP contribution in [0.25, 0.3) is 0 Å². The Morgan fingerprint density at radius 1 is 1.03 bits per heavy atom. The number of rotatable bonds is 7. The van der Waals surface area contributed by atoms with E-state index in [1.54, 1.807) is 26.8 Å². The third-order valence-electron chi connectivity index (χ3n) is 3.99. The number of benzene rings is 2. The van der Waals surface area contributed by atoms with Crippen LogP contribution in [0.3, 0.4) is 0 Å². The molecule has 30 heavy (non-hydrogen) atoms. The number of carbonyl (C=O) groups excluding carboxylic acids is 2. The molecule has 164 valence electrons. The van der Waals surface area contributed by atoms with Gasteiger partial charge in [-0.05, 0) is 82.6 Å². The maximum absolute atomic E-state index is 11.7. The number of nitrogens with one attached hydrogen (secondary N) is 1. The minimum absolute atomic E-state index is 0.266. The Kier molecular flexibility index (Phi) is 10.4. The van der Waals surface area contributed by atoms with Crippen LogP contribution in [0.4, 0.5) is 16.2 Å². The van der Waals surface area contributed by atoms with E-state index < -0.39 is 11.7 Å². The number of hydrogen-bond acceptors (Lipinski definition) is 6. The molecule has 0 fully saturated rings. The molecule has 0 spiro atoms. The Balaban J connectivity index is 0.000000346. The second-order valence-corrected chi connectivity index (χ2v) is 7.87. The van der Waals surface area contributed by atoms with E-state index in [1.165, 1.54) is 5.56 Å². The van der Waals surface area contributed by atoms with Crippen molar-refractivity contribution in [1.82, 2.24) is 10.2 Å². The Labute approximate surface area is 179 Å². The van der Waals surface area contributed by atoms with Gasteiger partial charge in [-0.3, -0.25) is 4.79 Å². The van der Waals surface area contributed by atoms with Crippen molar-refractivity contribution in [2.24, 2.45) is 0 Å². The molecule has 2 amide bonds. The molecule has 0 saturated heterocycles. The molecule has 2 aromatic rings. The fraction of sp³-hybridized carbons (Fsp3) is 0.391. The smallest absolute Gasteiger partial charge is 0.416 e. The highest BCUT2D eigenvalue weighted by molar-refractivity contribution is 5.80. The summed E-state index contributed by atoms with van der Waals surface area (Å²) in [5.74, 6) is 0. The van der Waals surface area contributed by atoms with E-state index in [4.69, 9.17) is 16.2 Å². The van der Waals surface area contributed by atoms with Gasteiger partial charge in [-0.25, -0.2) is 9.69 Å². The molecule has 0 aliphatic heterocycles. The number of ether oxygens (including phenoxy) is 1. The minimum Gasteiger partial charge on any atom is -0.443 e. The number of nitrogens with two attached hydrogens (primary N) is 2. The molecule has 0 heterocycles. The predicted octanol–water partition coefficient (Wildman–Crippen LogP) is 3.24. The summed E-state index contributed by atoms with van der Waals surface area (Å²) in [5, 5.41) is 3.10. The van der Waals surface area contributed by atoms with Crippen molar-refractivity contribution in [3.63, 3.8) is 0 Å². The molecule has 0 unspecified atom stereocenters. The molecule has 0 atom stereocenters. The highest BCUT2D eigenvalue weighted by Crippen LogP contribution is 2.11. The third kappa shape index (κ3) is 10.5. The van der Waals surface area contributed by atoms with Gasteiger partial charge in [0, 0.05) is 17.9 Å². The number of hydrogen-bond donors (Lipinski definition) is 3. The van der Waals surface area contributed by atoms with Crippen LogP contribution in [0.1, 0.15) is 31.9 Å². The fourth-order valence-electron chi connectivity index (χ4n) is 2.46. The Bertz CT molecular complexity index is 786. The summed E-state index contributed by atoms with van der Waals surface area (Å²) < 4.78 is 5.13. The SMILES string of the molecule is CC(C)(C)OC(=O)N(C=O)CCc1cccc(N)c1.CNCCc1ccc(N)cc1. The number of amides is 2. The lowest BCUT2D eigenvalue weighted by atomic mass is 10.1. The van der Waals surface area contributed by atoms with E-state index in [0.717, 1.165) is 29.1 Å². The van der Waals surface area contributed by atoms with Crippen molar-refractivity contribution in [1.29, 1.82) is 0 Å². The number of likely N-dealkylation sites (N-methyl/N-ethyl adjacent to an activating group) is 1. The first-order chi connectivity index (χ1) is 14.1. The lowest BCUT2D eigenvalue weighted by Gasteiger charge is -2.23. The molecule has 0 aliphatic carbocycles. The Morgan fingerprint density at radius 2 is 1.70 bits per heavy atom. The van der Waals surface area contributed by atoms with Crippen molar-refractivity contribution in [3.8, 4) is 0 Å². The number of imide groups is 1. The van der Waals surface area contributed by atoms with Gasteiger partial charge in [-0.15, -0.1) is 0 Å². The van der Waals surface area contributed by atoms with E-state index in [-0.39, 0.29) is 6.54 Å². The molecule has 5 N–H and O–H groups in total. The van der Waals surface area contributed by atoms with E-state index in [2.05, 4.69) is 17.4 Å². The van der Waals surface area contributed by atoms with E-state index in [0.29, 0.717) is 18.5 Å². The largest absolute Gasteiger partial charge is 0.443 e. The van der Waals surface area contributed by atoms with Gasteiger partial charge >= 0.3 is 6.09 Å². The van der Waals surface area contributed by atoms with Crippen molar-refractivity contribution < 1.29 is 14.3 Å². The zero-order valence-electron chi connectivity index (χ0n) is 18.4. The van der Waals surface area contributed by atoms with E-state index in [1.807, 2.05) is 37.4 Å². The normalized spacial score (nSPS) is 10.5. The average Bonchev–Trinajstić information content (AvgIpc) is 2.67. The van der Waals surface area contributed by atoms with Crippen LogP contribution in [0.2, 0.25) is 0 Å². The van der Waals surface area contributed by atoms with Gasteiger partial charge < -0.3 is 21.5 Å². The third-order valence-corrected chi connectivity index (χ3v) is 3.99. The summed E-state index contributed by atoms with van der Waals surface area (Å²) in [6.45, 7) is 6.55. The predicted molar refractivity (Wildman–Crippen MR) is 122 cm³/mol. The number of carbonyl (C=O) groups is 2. The van der Waals surface area contributed by atoms with Gasteiger partial charge in [-0.1, -0.05) is 24.3 Å².